The summed E-state index contributed by atoms with van der Waals surface area (Å²) in [6.07, 6.45) is 0. The van der Waals surface area contributed by atoms with E-state index in [1.165, 1.54) is 0 Å². The summed E-state index contributed by atoms with van der Waals surface area (Å²) in [7, 11) is 0. The number of nitrogens with zero attached hydrogens (tertiary/aromatic N) is 2. The molecule has 0 saturated carbocycles. The van der Waals surface area contributed by atoms with Gasteiger partial charge in [0.1, 0.15) is 17.4 Å². The third-order valence-electron chi connectivity index (χ3n) is 1.82. The summed E-state index contributed by atoms with van der Waals surface area (Å²) < 4.78 is 0. The Bertz CT molecular complexity index is 507. The highest BCUT2D eigenvalue weighted by Gasteiger charge is 2.24. The Labute approximate surface area is 94.8 Å². The van der Waals surface area contributed by atoms with E-state index < -0.39 is 28.0 Å². The van der Waals surface area contributed by atoms with Crippen molar-refractivity contribution in [2.24, 2.45) is 0 Å². The number of nitro benzene ring substituents is 1. The molecule has 0 aliphatic heterocycles. The number of rotatable bonds is 3. The molecule has 82 valence electrons. The number of halogens is 1. The van der Waals surface area contributed by atoms with Crippen molar-refractivity contribution >= 4 is 23.1 Å². The van der Waals surface area contributed by atoms with Crippen LogP contribution in [0, 0.1) is 21.4 Å². The molecule has 0 aliphatic rings. The molecular weight excluding hydrogens is 236 g/mol. The van der Waals surface area contributed by atoms with E-state index in [2.05, 4.69) is 0 Å². The SMILES string of the molecule is N#Cc1cc(O)cc([N+](=O)[O-])c1C(=O)CCl. The smallest absolute Gasteiger partial charge is 0.285 e. The molecule has 0 fully saturated rings. The van der Waals surface area contributed by atoms with Crippen molar-refractivity contribution in [3.63, 3.8) is 0 Å². The number of ketones is 1. The zero-order valence-corrected chi connectivity index (χ0v) is 8.56. The second-order valence-electron chi connectivity index (χ2n) is 2.81. The fourth-order valence-electron chi connectivity index (χ4n) is 1.20. The second kappa shape index (κ2) is 4.59. The van der Waals surface area contributed by atoms with Crippen LogP contribution in [0.15, 0.2) is 12.1 Å². The monoisotopic (exact) mass is 240 g/mol. The van der Waals surface area contributed by atoms with Crippen LogP contribution in [0.2, 0.25) is 0 Å². The average Bonchev–Trinajstić information content (AvgIpc) is 2.26. The van der Waals surface area contributed by atoms with E-state index in [0.717, 1.165) is 12.1 Å². The molecule has 1 aromatic rings. The second-order valence-corrected chi connectivity index (χ2v) is 3.08. The van der Waals surface area contributed by atoms with Gasteiger partial charge in [-0.05, 0) is 6.07 Å². The van der Waals surface area contributed by atoms with Crippen molar-refractivity contribution in [1.82, 2.24) is 0 Å². The molecule has 7 heteroatoms. The number of phenolic OH excluding ortho intramolecular Hbond substituents is 1. The van der Waals surface area contributed by atoms with Crippen molar-refractivity contribution in [2.75, 3.05) is 5.88 Å². The Hall–Kier alpha value is -2.13. The first-order valence-corrected chi connectivity index (χ1v) is 4.55. The van der Waals surface area contributed by atoms with Crippen LogP contribution in [0.4, 0.5) is 5.69 Å². The minimum Gasteiger partial charge on any atom is -0.508 e. The van der Waals surface area contributed by atoms with Crippen molar-refractivity contribution in [3.05, 3.63) is 33.4 Å². The van der Waals surface area contributed by atoms with E-state index in [-0.39, 0.29) is 11.1 Å². The molecule has 0 amide bonds. The van der Waals surface area contributed by atoms with Crippen molar-refractivity contribution < 1.29 is 14.8 Å². The first-order valence-electron chi connectivity index (χ1n) is 4.02. The van der Waals surface area contributed by atoms with E-state index in [9.17, 15) is 14.9 Å². The van der Waals surface area contributed by atoms with Gasteiger partial charge in [0.05, 0.1) is 22.4 Å². The highest BCUT2D eigenvalue weighted by atomic mass is 35.5. The van der Waals surface area contributed by atoms with Crippen LogP contribution in [-0.2, 0) is 0 Å². The zero-order chi connectivity index (χ0) is 12.3. The lowest BCUT2D eigenvalue weighted by atomic mass is 10.0. The predicted molar refractivity (Wildman–Crippen MR) is 54.5 cm³/mol. The fourth-order valence-corrected chi connectivity index (χ4v) is 1.34. The van der Waals surface area contributed by atoms with Gasteiger partial charge in [-0.2, -0.15) is 5.26 Å². The molecular formula is C9H5ClN2O4. The lowest BCUT2D eigenvalue weighted by Crippen LogP contribution is -2.07. The van der Waals surface area contributed by atoms with Gasteiger partial charge in [0.25, 0.3) is 5.69 Å². The number of nitro groups is 1. The van der Waals surface area contributed by atoms with Crippen LogP contribution < -0.4 is 0 Å². The van der Waals surface area contributed by atoms with Crippen LogP contribution in [0.3, 0.4) is 0 Å². The number of alkyl halides is 1. The Morgan fingerprint density at radius 3 is 2.69 bits per heavy atom. The van der Waals surface area contributed by atoms with Gasteiger partial charge in [-0.3, -0.25) is 14.9 Å². The zero-order valence-electron chi connectivity index (χ0n) is 7.81. The first-order chi connectivity index (χ1) is 7.51. The van der Waals surface area contributed by atoms with E-state index in [4.69, 9.17) is 22.0 Å². The van der Waals surface area contributed by atoms with Crippen LogP contribution in [0.25, 0.3) is 0 Å². The molecule has 0 aromatic heterocycles. The summed E-state index contributed by atoms with van der Waals surface area (Å²) in [5, 5.41) is 28.5. The van der Waals surface area contributed by atoms with Crippen LogP contribution in [0.5, 0.6) is 5.75 Å². The number of hydrogen-bond acceptors (Lipinski definition) is 5. The first kappa shape index (κ1) is 11.9. The molecule has 0 unspecified atom stereocenters. The average molecular weight is 241 g/mol. The minimum atomic E-state index is -0.847. The summed E-state index contributed by atoms with van der Waals surface area (Å²) >= 11 is 5.29. The van der Waals surface area contributed by atoms with Gasteiger partial charge in [0.15, 0.2) is 5.78 Å². The molecule has 0 spiro atoms. The Balaban J connectivity index is 3.59. The number of hydrogen-bond donors (Lipinski definition) is 1. The summed E-state index contributed by atoms with van der Waals surface area (Å²) in [5.41, 5.74) is -1.26. The number of aromatic hydroxyl groups is 1. The molecule has 0 saturated heterocycles. The highest BCUT2D eigenvalue weighted by Crippen LogP contribution is 2.28. The topological polar surface area (TPSA) is 104 Å². The van der Waals surface area contributed by atoms with Crippen LogP contribution >= 0.6 is 11.6 Å². The van der Waals surface area contributed by atoms with E-state index in [1.807, 2.05) is 0 Å². The molecule has 0 radical (unpaired) electrons. The van der Waals surface area contributed by atoms with Crippen LogP contribution in [-0.4, -0.2) is 21.7 Å². The quantitative estimate of drug-likeness (QED) is 0.374. The number of Topliss-reactive ketones (excluding diaryl/α,β-unsaturated/α-hetero) is 1. The van der Waals surface area contributed by atoms with Gasteiger partial charge >= 0.3 is 0 Å². The molecule has 1 rings (SSSR count). The summed E-state index contributed by atoms with van der Waals surface area (Å²) in [6, 6.07) is 3.39. The molecule has 0 bridgehead atoms. The Morgan fingerprint density at radius 1 is 1.62 bits per heavy atom. The van der Waals surface area contributed by atoms with Gasteiger partial charge in [0.2, 0.25) is 0 Å². The fraction of sp³-hybridized carbons (Fsp3) is 0.111. The van der Waals surface area contributed by atoms with E-state index in [1.54, 1.807) is 6.07 Å². The number of nitriles is 1. The maximum Gasteiger partial charge on any atom is 0.285 e. The van der Waals surface area contributed by atoms with Crippen molar-refractivity contribution in [3.8, 4) is 11.8 Å². The molecule has 0 atom stereocenters. The molecule has 16 heavy (non-hydrogen) atoms. The number of carbonyl (C=O) groups excluding carboxylic acids is 1. The minimum absolute atomic E-state index is 0.266. The van der Waals surface area contributed by atoms with Gasteiger partial charge in [0, 0.05) is 0 Å². The molecule has 6 nitrogen and oxygen atoms in total. The number of phenols is 1. The Kier molecular flexibility index (Phi) is 3.43. The predicted octanol–water partition coefficient (Wildman–Crippen LogP) is 1.59. The maximum atomic E-state index is 11.4. The van der Waals surface area contributed by atoms with E-state index in [0.29, 0.717) is 0 Å². The largest absolute Gasteiger partial charge is 0.508 e. The highest BCUT2D eigenvalue weighted by molar-refractivity contribution is 6.31. The molecule has 0 aliphatic carbocycles. The van der Waals surface area contributed by atoms with Crippen molar-refractivity contribution in [1.29, 1.82) is 5.26 Å². The molecule has 0 heterocycles. The molecule has 1 N–H and O–H groups in total. The van der Waals surface area contributed by atoms with Gasteiger partial charge in [-0.1, -0.05) is 0 Å². The van der Waals surface area contributed by atoms with Crippen molar-refractivity contribution in [2.45, 2.75) is 0 Å². The summed E-state index contributed by atoms with van der Waals surface area (Å²) in [5.74, 6) is -1.65. The standard InChI is InChI=1S/C9H5ClN2O4/c10-3-8(14)9-5(4-11)1-6(13)2-7(9)12(15)16/h1-2,13H,3H2. The summed E-state index contributed by atoms with van der Waals surface area (Å²) in [4.78, 5) is 21.2. The third kappa shape index (κ3) is 2.10. The van der Waals surface area contributed by atoms with E-state index >= 15 is 0 Å². The third-order valence-corrected chi connectivity index (χ3v) is 2.06. The Morgan fingerprint density at radius 2 is 2.25 bits per heavy atom. The van der Waals surface area contributed by atoms with Gasteiger partial charge in [-0.15, -0.1) is 11.6 Å². The number of benzene rings is 1. The van der Waals surface area contributed by atoms with Crippen LogP contribution in [0.1, 0.15) is 15.9 Å². The normalized spacial score (nSPS) is 9.50. The number of carbonyl (C=O) groups is 1. The lowest BCUT2D eigenvalue weighted by Gasteiger charge is -2.03. The van der Waals surface area contributed by atoms with Gasteiger partial charge in [-0.25, -0.2) is 0 Å². The molecule has 1 aromatic carbocycles. The summed E-state index contributed by atoms with van der Waals surface area (Å²) in [6.45, 7) is 0. The van der Waals surface area contributed by atoms with Gasteiger partial charge < -0.3 is 5.11 Å². The maximum absolute atomic E-state index is 11.4. The lowest BCUT2D eigenvalue weighted by molar-refractivity contribution is -0.385.